The van der Waals surface area contributed by atoms with Gasteiger partial charge in [0.1, 0.15) is 20.1 Å². The van der Waals surface area contributed by atoms with E-state index in [1.54, 1.807) is 0 Å². The van der Waals surface area contributed by atoms with Crippen LogP contribution in [0.5, 0.6) is 0 Å². The first-order chi connectivity index (χ1) is 7.38. The Labute approximate surface area is 94.7 Å². The number of aliphatic hydroxyl groups is 1. The summed E-state index contributed by atoms with van der Waals surface area (Å²) < 4.78 is 30.0. The van der Waals surface area contributed by atoms with Gasteiger partial charge in [0, 0.05) is 14.2 Å². The minimum Gasteiger partial charge on any atom is -0.756 e. The van der Waals surface area contributed by atoms with Crippen LogP contribution >= 0.6 is 7.82 Å². The Morgan fingerprint density at radius 1 is 1.69 bits per heavy atom. The first-order valence-electron chi connectivity index (χ1n) is 4.50. The standard InChI is InChI=1S/C7H14BO7P/c1-12-6-5(15-16(10,11)13-2)3-14-7(6,8)4-9/h5-6,9H,3-4H2,1-2H3,(H,10,11)/p-1/t5-,6+,7+/m0/s1. The molecule has 2 radical (unpaired) electrons. The highest BCUT2D eigenvalue weighted by Gasteiger charge is 2.48. The van der Waals surface area contributed by atoms with Crippen LogP contribution in [0.1, 0.15) is 0 Å². The summed E-state index contributed by atoms with van der Waals surface area (Å²) in [6, 6.07) is 0. The molecule has 1 N–H and O–H groups in total. The molecule has 0 aromatic heterocycles. The maximum Gasteiger partial charge on any atom is 0.268 e. The zero-order valence-electron chi connectivity index (χ0n) is 8.99. The number of ether oxygens (including phenoxy) is 2. The van der Waals surface area contributed by atoms with Gasteiger partial charge in [-0.3, -0.25) is 4.57 Å². The molecule has 7 nitrogen and oxygen atoms in total. The highest BCUT2D eigenvalue weighted by atomic mass is 31.2. The zero-order chi connectivity index (χ0) is 12.4. The van der Waals surface area contributed by atoms with Gasteiger partial charge in [-0.15, -0.1) is 0 Å². The Kier molecular flexibility index (Phi) is 4.53. The number of phosphoric ester groups is 1. The normalized spacial score (nSPS) is 38.5. The lowest BCUT2D eigenvalue weighted by Gasteiger charge is -2.31. The molecular weight excluding hydrogens is 238 g/mol. The third-order valence-corrected chi connectivity index (χ3v) is 3.30. The number of phosphoric acid groups is 1. The van der Waals surface area contributed by atoms with E-state index in [9.17, 15) is 9.46 Å². The molecule has 1 aliphatic rings. The Balaban J connectivity index is 2.74. The SMILES string of the molecule is [B][C@]1(CO)OC[C@H](OP(=O)([O-])OC)[C@H]1OC. The lowest BCUT2D eigenvalue weighted by molar-refractivity contribution is -0.229. The van der Waals surface area contributed by atoms with Gasteiger partial charge in [-0.2, -0.15) is 0 Å². The summed E-state index contributed by atoms with van der Waals surface area (Å²) in [6.07, 6.45) is -1.83. The number of aliphatic hydroxyl groups excluding tert-OH is 1. The number of methoxy groups -OCH3 is 1. The summed E-state index contributed by atoms with van der Waals surface area (Å²) in [5.74, 6) is 0. The van der Waals surface area contributed by atoms with Crippen molar-refractivity contribution in [3.63, 3.8) is 0 Å². The maximum atomic E-state index is 11.1. The molecule has 0 aromatic carbocycles. The van der Waals surface area contributed by atoms with E-state index in [2.05, 4.69) is 9.05 Å². The third kappa shape index (κ3) is 2.84. The second kappa shape index (κ2) is 5.14. The molecule has 0 amide bonds. The monoisotopic (exact) mass is 251 g/mol. The molecule has 9 heteroatoms. The molecule has 1 unspecified atom stereocenters. The summed E-state index contributed by atoms with van der Waals surface area (Å²) in [4.78, 5) is 11.1. The number of hydrogen-bond donors (Lipinski definition) is 1. The highest BCUT2D eigenvalue weighted by molar-refractivity contribution is 7.45. The smallest absolute Gasteiger partial charge is 0.268 e. The molecule has 1 heterocycles. The van der Waals surface area contributed by atoms with Crippen molar-refractivity contribution in [3.8, 4) is 0 Å². The van der Waals surface area contributed by atoms with E-state index >= 15 is 0 Å². The molecule has 0 saturated carbocycles. The molecule has 1 saturated heterocycles. The molecule has 1 rings (SSSR count). The second-order valence-electron chi connectivity index (χ2n) is 3.35. The molecular formula is C7H13BO7P-. The lowest BCUT2D eigenvalue weighted by Crippen LogP contribution is -2.48. The van der Waals surface area contributed by atoms with Crippen LogP contribution in [0.25, 0.3) is 0 Å². The number of rotatable bonds is 5. The molecule has 1 fully saturated rings. The quantitative estimate of drug-likeness (QED) is 0.463. The molecule has 0 aromatic rings. The van der Waals surface area contributed by atoms with Crippen LogP contribution in [0, 0.1) is 0 Å². The van der Waals surface area contributed by atoms with Crippen molar-refractivity contribution in [1.29, 1.82) is 0 Å². The highest BCUT2D eigenvalue weighted by Crippen LogP contribution is 2.42. The van der Waals surface area contributed by atoms with Crippen LogP contribution in [0.2, 0.25) is 0 Å². The second-order valence-corrected chi connectivity index (χ2v) is 4.82. The maximum absolute atomic E-state index is 11.1. The van der Waals surface area contributed by atoms with Crippen LogP contribution in [-0.2, 0) is 23.1 Å². The molecule has 0 aliphatic carbocycles. The fraction of sp³-hybridized carbons (Fsp3) is 1.00. The van der Waals surface area contributed by atoms with Gasteiger partial charge in [-0.1, -0.05) is 0 Å². The summed E-state index contributed by atoms with van der Waals surface area (Å²) in [5.41, 5.74) is -1.47. The molecule has 92 valence electrons. The lowest BCUT2D eigenvalue weighted by atomic mass is 9.77. The summed E-state index contributed by atoms with van der Waals surface area (Å²) in [7, 11) is 3.56. The van der Waals surface area contributed by atoms with E-state index < -0.39 is 32.1 Å². The van der Waals surface area contributed by atoms with E-state index in [0.717, 1.165) is 7.11 Å². The van der Waals surface area contributed by atoms with Crippen molar-refractivity contribution in [1.82, 2.24) is 0 Å². The average Bonchev–Trinajstić information content (AvgIpc) is 2.55. The third-order valence-electron chi connectivity index (χ3n) is 2.32. The van der Waals surface area contributed by atoms with Crippen molar-refractivity contribution >= 4 is 15.7 Å². The Morgan fingerprint density at radius 2 is 2.31 bits per heavy atom. The summed E-state index contributed by atoms with van der Waals surface area (Å²) in [6.45, 7) is -0.618. The molecule has 1 aliphatic heterocycles. The molecule has 4 atom stereocenters. The number of hydrogen-bond acceptors (Lipinski definition) is 7. The molecule has 0 bridgehead atoms. The molecule has 0 spiro atoms. The first-order valence-corrected chi connectivity index (χ1v) is 5.96. The van der Waals surface area contributed by atoms with Gasteiger partial charge in [-0.25, -0.2) is 0 Å². The van der Waals surface area contributed by atoms with Crippen LogP contribution < -0.4 is 4.89 Å². The van der Waals surface area contributed by atoms with Crippen LogP contribution in [0.4, 0.5) is 0 Å². The predicted molar refractivity (Wildman–Crippen MR) is 51.8 cm³/mol. The van der Waals surface area contributed by atoms with E-state index in [0.29, 0.717) is 0 Å². The Morgan fingerprint density at radius 3 is 2.75 bits per heavy atom. The van der Waals surface area contributed by atoms with E-state index in [-0.39, 0.29) is 6.61 Å². The van der Waals surface area contributed by atoms with E-state index in [1.165, 1.54) is 7.11 Å². The Hall–Kier alpha value is 0.0549. The first kappa shape index (κ1) is 14.1. The van der Waals surface area contributed by atoms with E-state index in [4.69, 9.17) is 22.4 Å². The summed E-state index contributed by atoms with van der Waals surface area (Å²) in [5, 5.41) is 9.04. The van der Waals surface area contributed by atoms with Gasteiger partial charge in [-0.05, 0) is 0 Å². The van der Waals surface area contributed by atoms with Crippen molar-refractivity contribution in [2.75, 3.05) is 27.4 Å². The van der Waals surface area contributed by atoms with Crippen molar-refractivity contribution in [3.05, 3.63) is 0 Å². The minimum atomic E-state index is -4.39. The van der Waals surface area contributed by atoms with Gasteiger partial charge >= 0.3 is 0 Å². The minimum absolute atomic E-state index is 0.106. The summed E-state index contributed by atoms with van der Waals surface area (Å²) >= 11 is 0. The average molecular weight is 251 g/mol. The van der Waals surface area contributed by atoms with Gasteiger partial charge in [0.2, 0.25) is 0 Å². The largest absolute Gasteiger partial charge is 0.756 e. The predicted octanol–water partition coefficient (Wildman–Crippen LogP) is -1.61. The van der Waals surface area contributed by atoms with Crippen LogP contribution in [0.15, 0.2) is 0 Å². The van der Waals surface area contributed by atoms with Crippen molar-refractivity contribution in [2.45, 2.75) is 17.7 Å². The topological polar surface area (TPSA) is 97.3 Å². The Bertz CT molecular complexity index is 288. The van der Waals surface area contributed by atoms with Gasteiger partial charge in [0.25, 0.3) is 7.82 Å². The molecule has 16 heavy (non-hydrogen) atoms. The van der Waals surface area contributed by atoms with Gasteiger partial charge in [0.15, 0.2) is 0 Å². The van der Waals surface area contributed by atoms with Crippen LogP contribution in [-0.4, -0.2) is 58.1 Å². The van der Waals surface area contributed by atoms with Crippen molar-refractivity contribution in [2.24, 2.45) is 0 Å². The van der Waals surface area contributed by atoms with Gasteiger partial charge in [0.05, 0.1) is 18.7 Å². The van der Waals surface area contributed by atoms with Crippen LogP contribution in [0.3, 0.4) is 0 Å². The van der Waals surface area contributed by atoms with Crippen molar-refractivity contribution < 1.29 is 33.1 Å². The van der Waals surface area contributed by atoms with Gasteiger partial charge < -0.3 is 28.5 Å². The fourth-order valence-electron chi connectivity index (χ4n) is 1.50. The zero-order valence-corrected chi connectivity index (χ0v) is 9.88. The fourth-order valence-corrected chi connectivity index (χ4v) is 2.09. The van der Waals surface area contributed by atoms with E-state index in [1.807, 2.05) is 0 Å².